The highest BCUT2D eigenvalue weighted by atomic mass is 127. The largest absolute Gasteiger partial charge is 1.00 e. The fourth-order valence-electron chi connectivity index (χ4n) is 3.59. The van der Waals surface area contributed by atoms with Crippen LogP contribution in [0.4, 0.5) is 0 Å². The van der Waals surface area contributed by atoms with Crippen LogP contribution in [-0.4, -0.2) is 44.2 Å². The molecule has 0 aromatic carbocycles. The van der Waals surface area contributed by atoms with Gasteiger partial charge in [0.15, 0.2) is 0 Å². The number of unbranched alkanes of at least 4 members (excludes halogenated alkanes) is 12. The molecule has 0 saturated heterocycles. The van der Waals surface area contributed by atoms with Gasteiger partial charge in [-0.15, -0.1) is 0 Å². The summed E-state index contributed by atoms with van der Waals surface area (Å²) < 4.78 is 6.44. The maximum atomic E-state index is 11.8. The molecule has 0 spiro atoms. The summed E-state index contributed by atoms with van der Waals surface area (Å²) in [4.78, 5) is 11.8. The molecule has 4 heteroatoms. The Morgan fingerprint density at radius 2 is 1.07 bits per heavy atom. The highest BCUT2D eigenvalue weighted by molar-refractivity contribution is 5.69. The Hall–Kier alpha value is 0.160. The van der Waals surface area contributed by atoms with E-state index in [4.69, 9.17) is 4.74 Å². The molecule has 3 nitrogen and oxygen atoms in total. The van der Waals surface area contributed by atoms with Gasteiger partial charge in [0.2, 0.25) is 0 Å². The van der Waals surface area contributed by atoms with Crippen molar-refractivity contribution in [1.82, 2.24) is 0 Å². The van der Waals surface area contributed by atoms with Crippen molar-refractivity contribution in [3.8, 4) is 0 Å². The summed E-state index contributed by atoms with van der Waals surface area (Å²) in [6.45, 7) is 7.42. The van der Waals surface area contributed by atoms with Crippen molar-refractivity contribution >= 4 is 5.97 Å². The topological polar surface area (TPSA) is 26.3 Å². The molecule has 0 saturated carbocycles. The molecule has 0 radical (unpaired) electrons. The van der Waals surface area contributed by atoms with Crippen LogP contribution in [0.2, 0.25) is 0 Å². The van der Waals surface area contributed by atoms with Crippen LogP contribution in [0.5, 0.6) is 0 Å². The summed E-state index contributed by atoms with van der Waals surface area (Å²) >= 11 is 0. The van der Waals surface area contributed by atoms with E-state index in [2.05, 4.69) is 27.9 Å². The van der Waals surface area contributed by atoms with Crippen molar-refractivity contribution in [2.45, 2.75) is 117 Å². The van der Waals surface area contributed by atoms with E-state index in [0.717, 1.165) is 23.9 Å². The lowest BCUT2D eigenvalue weighted by atomic mass is 10.1. The highest BCUT2D eigenvalue weighted by Gasteiger charge is 2.14. The van der Waals surface area contributed by atoms with Crippen LogP contribution in [0, 0.1) is 0 Å². The van der Waals surface area contributed by atoms with Crippen LogP contribution in [0.25, 0.3) is 0 Å². The van der Waals surface area contributed by atoms with Crippen LogP contribution < -0.4 is 24.0 Å². The van der Waals surface area contributed by atoms with Gasteiger partial charge in [-0.05, 0) is 19.3 Å². The first-order valence-electron chi connectivity index (χ1n) is 12.0. The highest BCUT2D eigenvalue weighted by Crippen LogP contribution is 2.12. The Balaban J connectivity index is 0. The second kappa shape index (κ2) is 21.9. The smallest absolute Gasteiger partial charge is 0.305 e. The van der Waals surface area contributed by atoms with Gasteiger partial charge in [-0.2, -0.15) is 0 Å². The number of quaternary nitrogens is 1. The van der Waals surface area contributed by atoms with Gasteiger partial charge in [0, 0.05) is 12.8 Å². The van der Waals surface area contributed by atoms with E-state index in [1.54, 1.807) is 0 Å². The maximum absolute atomic E-state index is 11.8. The molecule has 0 atom stereocenters. The molecule has 0 amide bonds. The summed E-state index contributed by atoms with van der Waals surface area (Å²) in [7, 11) is 4.56. The molecule has 0 aliphatic rings. The standard InChI is InChI=1S/C24H50NO2.HI/c1-5-7-9-10-11-12-13-14-15-16-17-20-24(26)27-23-19-22-25(3,4)21-18-8-6-2;/h5-23H2,1-4H3;1H/q+1;/p-1. The summed E-state index contributed by atoms with van der Waals surface area (Å²) in [5.74, 6) is 0.00205. The van der Waals surface area contributed by atoms with Gasteiger partial charge in [0.1, 0.15) is 0 Å². The maximum Gasteiger partial charge on any atom is 0.305 e. The zero-order chi connectivity index (χ0) is 20.2. The SMILES string of the molecule is CCCCCCCCCCCCCC(=O)OCCC[N+](C)(C)CCCCC.[I-]. The van der Waals surface area contributed by atoms with Gasteiger partial charge in [-0.3, -0.25) is 4.79 Å². The normalized spacial score (nSPS) is 11.3. The van der Waals surface area contributed by atoms with Crippen LogP contribution in [0.15, 0.2) is 0 Å². The summed E-state index contributed by atoms with van der Waals surface area (Å²) in [6, 6.07) is 0. The molecule has 0 unspecified atom stereocenters. The van der Waals surface area contributed by atoms with E-state index in [0.29, 0.717) is 13.0 Å². The minimum atomic E-state index is 0. The van der Waals surface area contributed by atoms with Gasteiger partial charge in [-0.25, -0.2) is 0 Å². The van der Waals surface area contributed by atoms with E-state index in [-0.39, 0.29) is 29.9 Å². The third-order valence-electron chi connectivity index (χ3n) is 5.52. The second-order valence-corrected chi connectivity index (χ2v) is 8.95. The number of hydrogen-bond donors (Lipinski definition) is 0. The number of carbonyl (C=O) groups is 1. The molecule has 0 aliphatic heterocycles. The molecule has 170 valence electrons. The van der Waals surface area contributed by atoms with Gasteiger partial charge in [0.25, 0.3) is 0 Å². The molecular weight excluding hydrogens is 461 g/mol. The molecule has 0 N–H and O–H groups in total. The fraction of sp³-hybridized carbons (Fsp3) is 0.958. The predicted octanol–water partition coefficient (Wildman–Crippen LogP) is 3.89. The van der Waals surface area contributed by atoms with Crippen LogP contribution >= 0.6 is 0 Å². The third-order valence-corrected chi connectivity index (χ3v) is 5.52. The van der Waals surface area contributed by atoms with Crippen LogP contribution in [0.3, 0.4) is 0 Å². The molecule has 0 heterocycles. The Labute approximate surface area is 194 Å². The lowest BCUT2D eigenvalue weighted by molar-refractivity contribution is -0.890. The molecule has 0 fully saturated rings. The average Bonchev–Trinajstić information content (AvgIpc) is 2.63. The van der Waals surface area contributed by atoms with Crippen molar-refractivity contribution in [2.75, 3.05) is 33.8 Å². The first-order valence-corrected chi connectivity index (χ1v) is 12.0. The summed E-state index contributed by atoms with van der Waals surface area (Å²) in [5.41, 5.74) is 0. The van der Waals surface area contributed by atoms with Crippen molar-refractivity contribution in [1.29, 1.82) is 0 Å². The number of esters is 1. The van der Waals surface area contributed by atoms with E-state index in [9.17, 15) is 4.79 Å². The van der Waals surface area contributed by atoms with E-state index < -0.39 is 0 Å². The Morgan fingerprint density at radius 1 is 0.643 bits per heavy atom. The van der Waals surface area contributed by atoms with Crippen molar-refractivity contribution in [3.05, 3.63) is 0 Å². The van der Waals surface area contributed by atoms with Gasteiger partial charge < -0.3 is 33.2 Å². The summed E-state index contributed by atoms with van der Waals surface area (Å²) in [6.07, 6.45) is 19.9. The summed E-state index contributed by atoms with van der Waals surface area (Å²) in [5, 5.41) is 0. The number of rotatable bonds is 20. The first kappa shape index (κ1) is 30.4. The van der Waals surface area contributed by atoms with Crippen LogP contribution in [0.1, 0.15) is 117 Å². The number of nitrogens with zero attached hydrogens (tertiary/aromatic N) is 1. The Morgan fingerprint density at radius 3 is 1.61 bits per heavy atom. The first-order chi connectivity index (χ1) is 13.0. The number of hydrogen-bond acceptors (Lipinski definition) is 2. The predicted molar refractivity (Wildman–Crippen MR) is 118 cm³/mol. The van der Waals surface area contributed by atoms with Gasteiger partial charge >= 0.3 is 5.97 Å². The van der Waals surface area contributed by atoms with Gasteiger partial charge in [0.05, 0.1) is 33.8 Å². The van der Waals surface area contributed by atoms with E-state index >= 15 is 0 Å². The Kier molecular flexibility index (Phi) is 23.7. The molecule has 0 aromatic rings. The number of halogens is 1. The van der Waals surface area contributed by atoms with Crippen molar-refractivity contribution < 1.29 is 38.0 Å². The lowest BCUT2D eigenvalue weighted by Gasteiger charge is -2.29. The molecule has 0 rings (SSSR count). The minimum absolute atomic E-state index is 0. The molecule has 0 aromatic heterocycles. The van der Waals surface area contributed by atoms with Crippen molar-refractivity contribution in [2.24, 2.45) is 0 Å². The van der Waals surface area contributed by atoms with E-state index in [1.165, 1.54) is 90.0 Å². The average molecular weight is 512 g/mol. The van der Waals surface area contributed by atoms with E-state index in [1.807, 2.05) is 0 Å². The number of carbonyl (C=O) groups excluding carboxylic acids is 1. The second-order valence-electron chi connectivity index (χ2n) is 8.95. The molecule has 0 bridgehead atoms. The monoisotopic (exact) mass is 511 g/mol. The Bertz CT molecular complexity index is 335. The van der Waals surface area contributed by atoms with Crippen molar-refractivity contribution in [3.63, 3.8) is 0 Å². The van der Waals surface area contributed by atoms with Crippen LogP contribution in [-0.2, 0) is 9.53 Å². The molecule has 28 heavy (non-hydrogen) atoms. The molecule has 0 aliphatic carbocycles. The zero-order valence-corrected chi connectivity index (χ0v) is 21.7. The fourth-order valence-corrected chi connectivity index (χ4v) is 3.59. The van der Waals surface area contributed by atoms with Gasteiger partial charge in [-0.1, -0.05) is 84.5 Å². The minimum Gasteiger partial charge on any atom is -1.00 e. The third kappa shape index (κ3) is 22.4. The zero-order valence-electron chi connectivity index (χ0n) is 19.6. The lowest BCUT2D eigenvalue weighted by Crippen LogP contribution is -3.00. The number of ether oxygens (including phenoxy) is 1. The quantitative estimate of drug-likeness (QED) is 0.107. The molecular formula is C24H50INO2.